The zero-order chi connectivity index (χ0) is 19.1. The predicted molar refractivity (Wildman–Crippen MR) is 108 cm³/mol. The summed E-state index contributed by atoms with van der Waals surface area (Å²) in [5, 5.41) is 5.62. The van der Waals surface area contributed by atoms with Crippen LogP contribution in [-0.2, 0) is 9.59 Å². The van der Waals surface area contributed by atoms with Crippen molar-refractivity contribution in [3.63, 3.8) is 0 Å². The van der Waals surface area contributed by atoms with E-state index in [-0.39, 0.29) is 22.8 Å². The molecule has 5 nitrogen and oxygen atoms in total. The largest absolute Gasteiger partial charge is 0.495 e. The van der Waals surface area contributed by atoms with E-state index in [0.717, 1.165) is 11.3 Å². The summed E-state index contributed by atoms with van der Waals surface area (Å²) in [6.45, 7) is 3.74. The molecule has 0 aliphatic carbocycles. The Bertz CT molecular complexity index is 781. The van der Waals surface area contributed by atoms with Crippen LogP contribution < -0.4 is 15.4 Å². The number of anilines is 2. The van der Waals surface area contributed by atoms with Gasteiger partial charge in [-0.1, -0.05) is 29.3 Å². The zero-order valence-corrected chi connectivity index (χ0v) is 16.4. The Kier molecular flexibility index (Phi) is 7.36. The average Bonchev–Trinajstić information content (AvgIpc) is 2.61. The predicted octanol–water partition coefficient (Wildman–Crippen LogP) is 4.36. The zero-order valence-electron chi connectivity index (χ0n) is 14.8. The fraction of sp³-hybridized carbons (Fsp3) is 0.263. The maximum atomic E-state index is 12.2. The van der Waals surface area contributed by atoms with Crippen LogP contribution in [0.4, 0.5) is 11.4 Å². The Hall–Kier alpha value is -2.18. The number of carbonyl (C=O) groups excluding carboxylic acids is 2. The standard InChI is InChI=1S/C19H21ClN2O3S/c1-12-4-6-14(7-5-12)21-18(23)11-26-13(2)19(24)22-15-8-9-17(25-3)16(20)10-15/h4-10,13H,11H2,1-3H3,(H,21,23)(H,22,24)/t13-/m0/s1. The molecule has 0 bridgehead atoms. The van der Waals surface area contributed by atoms with E-state index in [2.05, 4.69) is 10.6 Å². The van der Waals surface area contributed by atoms with Gasteiger partial charge in [0.05, 0.1) is 23.1 Å². The van der Waals surface area contributed by atoms with Gasteiger partial charge in [0.1, 0.15) is 5.75 Å². The highest BCUT2D eigenvalue weighted by molar-refractivity contribution is 8.01. The van der Waals surface area contributed by atoms with Gasteiger partial charge in [0, 0.05) is 11.4 Å². The number of benzene rings is 2. The Morgan fingerprint density at radius 3 is 2.38 bits per heavy atom. The normalized spacial score (nSPS) is 11.5. The van der Waals surface area contributed by atoms with Crippen molar-refractivity contribution < 1.29 is 14.3 Å². The van der Waals surface area contributed by atoms with Gasteiger partial charge in [-0.15, -0.1) is 11.8 Å². The topological polar surface area (TPSA) is 67.4 Å². The Labute approximate surface area is 162 Å². The number of halogens is 1. The number of rotatable bonds is 7. The van der Waals surface area contributed by atoms with Gasteiger partial charge in [0.2, 0.25) is 11.8 Å². The highest BCUT2D eigenvalue weighted by atomic mass is 35.5. The minimum absolute atomic E-state index is 0.147. The van der Waals surface area contributed by atoms with Crippen LogP contribution in [0, 0.1) is 6.92 Å². The number of hydrogen-bond acceptors (Lipinski definition) is 4. The lowest BCUT2D eigenvalue weighted by Crippen LogP contribution is -2.25. The Morgan fingerprint density at radius 2 is 1.77 bits per heavy atom. The monoisotopic (exact) mass is 392 g/mol. The summed E-state index contributed by atoms with van der Waals surface area (Å²) in [6, 6.07) is 12.6. The summed E-state index contributed by atoms with van der Waals surface area (Å²) >= 11 is 7.31. The molecule has 26 heavy (non-hydrogen) atoms. The molecule has 1 atom stereocenters. The maximum Gasteiger partial charge on any atom is 0.237 e. The van der Waals surface area contributed by atoms with Crippen molar-refractivity contribution in [2.45, 2.75) is 19.1 Å². The van der Waals surface area contributed by atoms with Gasteiger partial charge in [0.15, 0.2) is 0 Å². The highest BCUT2D eigenvalue weighted by Crippen LogP contribution is 2.27. The van der Waals surface area contributed by atoms with E-state index in [1.165, 1.54) is 18.9 Å². The quantitative estimate of drug-likeness (QED) is 0.734. The molecule has 7 heteroatoms. The van der Waals surface area contributed by atoms with Crippen LogP contribution in [0.25, 0.3) is 0 Å². The molecular weight excluding hydrogens is 372 g/mol. The first-order chi connectivity index (χ1) is 12.4. The molecule has 0 radical (unpaired) electrons. The number of ether oxygens (including phenoxy) is 1. The molecule has 2 N–H and O–H groups in total. The molecule has 0 saturated heterocycles. The first kappa shape index (κ1) is 20.1. The van der Waals surface area contributed by atoms with Crippen molar-refractivity contribution >= 4 is 46.6 Å². The van der Waals surface area contributed by atoms with E-state index in [0.29, 0.717) is 16.5 Å². The Balaban J connectivity index is 1.82. The van der Waals surface area contributed by atoms with E-state index in [4.69, 9.17) is 16.3 Å². The summed E-state index contributed by atoms with van der Waals surface area (Å²) in [7, 11) is 1.53. The fourth-order valence-corrected chi connectivity index (χ4v) is 3.04. The van der Waals surface area contributed by atoms with Crippen molar-refractivity contribution in [1.29, 1.82) is 0 Å². The molecule has 0 aromatic heterocycles. The fourth-order valence-electron chi connectivity index (χ4n) is 2.10. The van der Waals surface area contributed by atoms with Crippen molar-refractivity contribution in [3.05, 3.63) is 53.1 Å². The van der Waals surface area contributed by atoms with Gasteiger partial charge < -0.3 is 15.4 Å². The summed E-state index contributed by atoms with van der Waals surface area (Å²) < 4.78 is 5.08. The second-order valence-electron chi connectivity index (χ2n) is 5.71. The van der Waals surface area contributed by atoms with E-state index in [9.17, 15) is 9.59 Å². The van der Waals surface area contributed by atoms with Crippen LogP contribution >= 0.6 is 23.4 Å². The molecule has 0 fully saturated rings. The van der Waals surface area contributed by atoms with Crippen molar-refractivity contribution in [1.82, 2.24) is 0 Å². The number of thioether (sulfide) groups is 1. The van der Waals surface area contributed by atoms with Gasteiger partial charge >= 0.3 is 0 Å². The Morgan fingerprint density at radius 1 is 1.12 bits per heavy atom. The highest BCUT2D eigenvalue weighted by Gasteiger charge is 2.16. The van der Waals surface area contributed by atoms with E-state index < -0.39 is 0 Å². The second kappa shape index (κ2) is 9.50. The number of hydrogen-bond donors (Lipinski definition) is 2. The lowest BCUT2D eigenvalue weighted by Gasteiger charge is -2.13. The summed E-state index contributed by atoms with van der Waals surface area (Å²) in [5.74, 6) is 0.386. The molecule has 0 aliphatic heterocycles. The van der Waals surface area contributed by atoms with Gasteiger partial charge in [-0.3, -0.25) is 9.59 Å². The first-order valence-electron chi connectivity index (χ1n) is 8.01. The number of amides is 2. The van der Waals surface area contributed by atoms with Crippen LogP contribution in [0.5, 0.6) is 5.75 Å². The van der Waals surface area contributed by atoms with E-state index >= 15 is 0 Å². The minimum Gasteiger partial charge on any atom is -0.495 e. The molecule has 2 rings (SSSR count). The van der Waals surface area contributed by atoms with E-state index in [1.54, 1.807) is 25.1 Å². The molecule has 138 valence electrons. The van der Waals surface area contributed by atoms with Crippen LogP contribution in [0.15, 0.2) is 42.5 Å². The smallest absolute Gasteiger partial charge is 0.237 e. The number of methoxy groups -OCH3 is 1. The number of nitrogens with one attached hydrogen (secondary N) is 2. The lowest BCUT2D eigenvalue weighted by atomic mass is 10.2. The molecule has 0 saturated carbocycles. The van der Waals surface area contributed by atoms with Crippen LogP contribution in [-0.4, -0.2) is 29.9 Å². The average molecular weight is 393 g/mol. The summed E-state index contributed by atoms with van der Waals surface area (Å²) in [4.78, 5) is 24.3. The lowest BCUT2D eigenvalue weighted by molar-refractivity contribution is -0.115. The van der Waals surface area contributed by atoms with Crippen molar-refractivity contribution in [2.24, 2.45) is 0 Å². The third-order valence-corrected chi connectivity index (χ3v) is 5.03. The molecule has 0 aliphatic rings. The third-order valence-electron chi connectivity index (χ3n) is 3.59. The van der Waals surface area contributed by atoms with Crippen LogP contribution in [0.1, 0.15) is 12.5 Å². The molecule has 2 amide bonds. The van der Waals surface area contributed by atoms with E-state index in [1.807, 2.05) is 31.2 Å². The first-order valence-corrected chi connectivity index (χ1v) is 9.44. The van der Waals surface area contributed by atoms with Gasteiger partial charge in [-0.05, 0) is 44.2 Å². The second-order valence-corrected chi connectivity index (χ2v) is 7.44. The number of carbonyl (C=O) groups is 2. The summed E-state index contributed by atoms with van der Waals surface area (Å²) in [5.41, 5.74) is 2.45. The van der Waals surface area contributed by atoms with Gasteiger partial charge in [-0.2, -0.15) is 0 Å². The van der Waals surface area contributed by atoms with Crippen LogP contribution in [0.2, 0.25) is 5.02 Å². The molecule has 0 spiro atoms. The molecule has 2 aromatic carbocycles. The third kappa shape index (κ3) is 5.97. The maximum absolute atomic E-state index is 12.2. The SMILES string of the molecule is COc1ccc(NC(=O)[C@H](C)SCC(=O)Nc2ccc(C)cc2)cc1Cl. The minimum atomic E-state index is -0.389. The van der Waals surface area contributed by atoms with Crippen molar-refractivity contribution in [2.75, 3.05) is 23.5 Å². The van der Waals surface area contributed by atoms with Crippen LogP contribution in [0.3, 0.4) is 0 Å². The van der Waals surface area contributed by atoms with Gasteiger partial charge in [0.25, 0.3) is 0 Å². The molecule has 0 unspecified atom stereocenters. The van der Waals surface area contributed by atoms with Crippen molar-refractivity contribution in [3.8, 4) is 5.75 Å². The number of aryl methyl sites for hydroxylation is 1. The summed E-state index contributed by atoms with van der Waals surface area (Å²) in [6.07, 6.45) is 0. The molecular formula is C19H21ClN2O3S. The molecule has 2 aromatic rings. The van der Waals surface area contributed by atoms with Gasteiger partial charge in [-0.25, -0.2) is 0 Å². The molecule has 0 heterocycles.